The molecule has 2 aromatic rings. The van der Waals surface area contributed by atoms with Gasteiger partial charge in [0.2, 0.25) is 5.91 Å². The van der Waals surface area contributed by atoms with E-state index in [9.17, 15) is 4.79 Å². The number of rotatable bonds is 6. The molecule has 0 spiro atoms. The first-order valence-electron chi connectivity index (χ1n) is 6.76. The van der Waals surface area contributed by atoms with Crippen LogP contribution in [0.1, 0.15) is 12.5 Å². The Balaban J connectivity index is 2.00. The van der Waals surface area contributed by atoms with Crippen LogP contribution in [-0.2, 0) is 11.3 Å². The molecular formula is C17H18ClNOS. The zero-order chi connectivity index (χ0) is 15.1. The second-order valence-electron chi connectivity index (χ2n) is 4.95. The molecule has 0 aliphatic carbocycles. The standard InChI is InChI=1S/C17H18ClNOS/c1-17(13-18,21-15-10-6-3-7-11-15)16(20)19-12-14-8-4-2-5-9-14/h2-11H,12-13H2,1H3,(H,19,20). The van der Waals surface area contributed by atoms with E-state index in [1.165, 1.54) is 11.8 Å². The van der Waals surface area contributed by atoms with Crippen LogP contribution in [-0.4, -0.2) is 16.5 Å². The molecule has 1 unspecified atom stereocenters. The monoisotopic (exact) mass is 319 g/mol. The molecule has 0 radical (unpaired) electrons. The fraction of sp³-hybridized carbons (Fsp3) is 0.235. The van der Waals surface area contributed by atoms with Crippen LogP contribution in [0.2, 0.25) is 0 Å². The van der Waals surface area contributed by atoms with Crippen LogP contribution in [0.4, 0.5) is 0 Å². The summed E-state index contributed by atoms with van der Waals surface area (Å²) in [5.41, 5.74) is 1.08. The second-order valence-corrected chi connectivity index (χ2v) is 6.79. The molecule has 0 aliphatic rings. The zero-order valence-electron chi connectivity index (χ0n) is 11.9. The summed E-state index contributed by atoms with van der Waals surface area (Å²) in [4.78, 5) is 13.5. The highest BCUT2D eigenvalue weighted by Crippen LogP contribution is 2.34. The number of alkyl halides is 1. The van der Waals surface area contributed by atoms with E-state index in [0.717, 1.165) is 10.5 Å². The molecule has 4 heteroatoms. The summed E-state index contributed by atoms with van der Waals surface area (Å²) in [6, 6.07) is 19.7. The maximum Gasteiger partial charge on any atom is 0.237 e. The maximum absolute atomic E-state index is 12.5. The Bertz CT molecular complexity index is 576. The van der Waals surface area contributed by atoms with Crippen molar-refractivity contribution >= 4 is 29.3 Å². The number of carbonyl (C=O) groups excluding carboxylic acids is 1. The average molecular weight is 320 g/mol. The van der Waals surface area contributed by atoms with Crippen LogP contribution >= 0.6 is 23.4 Å². The lowest BCUT2D eigenvalue weighted by molar-refractivity contribution is -0.122. The van der Waals surface area contributed by atoms with Gasteiger partial charge in [-0.15, -0.1) is 23.4 Å². The van der Waals surface area contributed by atoms with Gasteiger partial charge in [-0.05, 0) is 24.6 Å². The average Bonchev–Trinajstić information content (AvgIpc) is 2.54. The highest BCUT2D eigenvalue weighted by atomic mass is 35.5. The first kappa shape index (κ1) is 15.9. The van der Waals surface area contributed by atoms with Crippen LogP contribution in [0.25, 0.3) is 0 Å². The van der Waals surface area contributed by atoms with E-state index in [4.69, 9.17) is 11.6 Å². The van der Waals surface area contributed by atoms with Crippen molar-refractivity contribution in [1.29, 1.82) is 0 Å². The summed E-state index contributed by atoms with van der Waals surface area (Å²) in [5.74, 6) is 0.211. The van der Waals surface area contributed by atoms with Gasteiger partial charge in [0.25, 0.3) is 0 Å². The molecule has 0 saturated heterocycles. The summed E-state index contributed by atoms with van der Waals surface area (Å²) in [5, 5.41) is 2.97. The van der Waals surface area contributed by atoms with Crippen molar-refractivity contribution in [3.05, 3.63) is 66.2 Å². The van der Waals surface area contributed by atoms with Gasteiger partial charge >= 0.3 is 0 Å². The van der Waals surface area contributed by atoms with Crippen molar-refractivity contribution < 1.29 is 4.79 Å². The molecule has 0 fully saturated rings. The Morgan fingerprint density at radius 3 is 2.24 bits per heavy atom. The van der Waals surface area contributed by atoms with Gasteiger partial charge in [0.05, 0.1) is 0 Å². The normalized spacial score (nSPS) is 13.4. The van der Waals surface area contributed by atoms with E-state index in [1.54, 1.807) is 0 Å². The number of hydrogen-bond acceptors (Lipinski definition) is 2. The largest absolute Gasteiger partial charge is 0.351 e. The molecule has 0 heterocycles. The first-order valence-corrected chi connectivity index (χ1v) is 8.11. The lowest BCUT2D eigenvalue weighted by Crippen LogP contribution is -2.43. The van der Waals surface area contributed by atoms with Gasteiger partial charge in [-0.1, -0.05) is 48.5 Å². The molecule has 0 bridgehead atoms. The highest BCUT2D eigenvalue weighted by molar-refractivity contribution is 8.01. The molecule has 0 saturated carbocycles. The molecule has 1 amide bonds. The smallest absolute Gasteiger partial charge is 0.237 e. The molecule has 2 rings (SSSR count). The fourth-order valence-electron chi connectivity index (χ4n) is 1.85. The molecule has 1 N–H and O–H groups in total. The summed E-state index contributed by atoms with van der Waals surface area (Å²) >= 11 is 7.54. The van der Waals surface area contributed by atoms with Crippen LogP contribution in [0.3, 0.4) is 0 Å². The van der Waals surface area contributed by atoms with E-state index in [-0.39, 0.29) is 11.8 Å². The van der Waals surface area contributed by atoms with E-state index in [1.807, 2.05) is 67.6 Å². The first-order chi connectivity index (χ1) is 10.1. The Morgan fingerprint density at radius 1 is 1.10 bits per heavy atom. The third kappa shape index (κ3) is 4.51. The number of nitrogens with one attached hydrogen (secondary N) is 1. The van der Waals surface area contributed by atoms with Gasteiger partial charge in [-0.25, -0.2) is 0 Å². The van der Waals surface area contributed by atoms with Crippen molar-refractivity contribution in [2.24, 2.45) is 0 Å². The summed E-state index contributed by atoms with van der Waals surface area (Å²) in [6.45, 7) is 2.39. The third-order valence-electron chi connectivity index (χ3n) is 3.12. The van der Waals surface area contributed by atoms with Crippen molar-refractivity contribution in [3.63, 3.8) is 0 Å². The highest BCUT2D eigenvalue weighted by Gasteiger charge is 2.33. The Labute approximate surface area is 134 Å². The van der Waals surface area contributed by atoms with E-state index < -0.39 is 4.75 Å². The minimum absolute atomic E-state index is 0.0461. The maximum atomic E-state index is 12.5. The minimum atomic E-state index is -0.683. The van der Waals surface area contributed by atoms with Gasteiger partial charge in [-0.3, -0.25) is 4.79 Å². The molecular weight excluding hydrogens is 302 g/mol. The second kappa shape index (κ2) is 7.53. The van der Waals surface area contributed by atoms with E-state index >= 15 is 0 Å². The van der Waals surface area contributed by atoms with Crippen molar-refractivity contribution in [1.82, 2.24) is 5.32 Å². The van der Waals surface area contributed by atoms with Crippen molar-refractivity contribution in [2.45, 2.75) is 23.1 Å². The van der Waals surface area contributed by atoms with Gasteiger partial charge in [0, 0.05) is 17.3 Å². The quantitative estimate of drug-likeness (QED) is 0.641. The lowest BCUT2D eigenvalue weighted by atomic mass is 10.1. The van der Waals surface area contributed by atoms with Crippen molar-refractivity contribution in [2.75, 3.05) is 5.88 Å². The fourth-order valence-corrected chi connectivity index (χ4v) is 3.17. The van der Waals surface area contributed by atoms with Crippen LogP contribution < -0.4 is 5.32 Å². The predicted molar refractivity (Wildman–Crippen MR) is 89.7 cm³/mol. The van der Waals surface area contributed by atoms with Gasteiger partial charge < -0.3 is 5.32 Å². The molecule has 2 aromatic carbocycles. The number of amides is 1. The summed E-state index contributed by atoms with van der Waals surface area (Å²) in [7, 11) is 0. The number of benzene rings is 2. The lowest BCUT2D eigenvalue weighted by Gasteiger charge is -2.25. The molecule has 0 aromatic heterocycles. The van der Waals surface area contributed by atoms with Crippen molar-refractivity contribution in [3.8, 4) is 0 Å². The van der Waals surface area contributed by atoms with Crippen LogP contribution in [0.5, 0.6) is 0 Å². The van der Waals surface area contributed by atoms with E-state index in [0.29, 0.717) is 6.54 Å². The molecule has 110 valence electrons. The summed E-state index contributed by atoms with van der Waals surface area (Å²) < 4.78 is -0.683. The molecule has 1 atom stereocenters. The van der Waals surface area contributed by atoms with E-state index in [2.05, 4.69) is 5.32 Å². The number of halogens is 1. The SMILES string of the molecule is CC(CCl)(Sc1ccccc1)C(=O)NCc1ccccc1. The Kier molecular flexibility index (Phi) is 5.71. The molecule has 0 aliphatic heterocycles. The Morgan fingerprint density at radius 2 is 1.67 bits per heavy atom. The summed E-state index contributed by atoms with van der Waals surface area (Å²) in [6.07, 6.45) is 0. The third-order valence-corrected chi connectivity index (χ3v) is 5.10. The topological polar surface area (TPSA) is 29.1 Å². The molecule has 2 nitrogen and oxygen atoms in total. The van der Waals surface area contributed by atoms with Gasteiger partial charge in [0.15, 0.2) is 0 Å². The number of hydrogen-bond donors (Lipinski definition) is 1. The number of carbonyl (C=O) groups is 1. The minimum Gasteiger partial charge on any atom is -0.351 e. The van der Waals surface area contributed by atoms with Crippen LogP contribution in [0.15, 0.2) is 65.6 Å². The zero-order valence-corrected chi connectivity index (χ0v) is 13.5. The number of thioether (sulfide) groups is 1. The van der Waals surface area contributed by atoms with Gasteiger partial charge in [0.1, 0.15) is 4.75 Å². The molecule has 21 heavy (non-hydrogen) atoms. The Hall–Kier alpha value is -1.45. The van der Waals surface area contributed by atoms with Gasteiger partial charge in [-0.2, -0.15) is 0 Å². The predicted octanol–water partition coefficient (Wildman–Crippen LogP) is 4.09. The van der Waals surface area contributed by atoms with Crippen LogP contribution in [0, 0.1) is 0 Å².